The average molecular weight is 355 g/mol. The summed E-state index contributed by atoms with van der Waals surface area (Å²) < 4.78 is 4.18. The quantitative estimate of drug-likeness (QED) is 0.696. The molecule has 2 nitrogen and oxygen atoms in total. The molecule has 17 heavy (non-hydrogen) atoms. The van der Waals surface area contributed by atoms with E-state index in [0.29, 0.717) is 6.42 Å². The third-order valence-corrected chi connectivity index (χ3v) is 4.03. The summed E-state index contributed by atoms with van der Waals surface area (Å²) in [7, 11) is 0. The normalized spacial score (nSPS) is 15.1. The SMILES string of the molecule is O=C1C=Cn2c(cc3cc(Br)cc(Br)c32)CC1. The predicted octanol–water partition coefficient (Wildman–Crippen LogP) is 4.15. The van der Waals surface area contributed by atoms with Crippen LogP contribution in [0.1, 0.15) is 12.1 Å². The Labute approximate surface area is 116 Å². The Bertz CT molecular complexity index is 655. The molecule has 0 N–H and O–H groups in total. The molecule has 0 fully saturated rings. The number of hydrogen-bond donors (Lipinski definition) is 0. The second kappa shape index (κ2) is 4.10. The van der Waals surface area contributed by atoms with E-state index in [2.05, 4.69) is 48.6 Å². The van der Waals surface area contributed by atoms with Gasteiger partial charge in [-0.05, 0) is 46.6 Å². The number of carbonyl (C=O) groups excluding carboxylic acids is 1. The number of aromatic nitrogens is 1. The van der Waals surface area contributed by atoms with Gasteiger partial charge in [0.15, 0.2) is 5.78 Å². The van der Waals surface area contributed by atoms with Gasteiger partial charge in [-0.3, -0.25) is 4.79 Å². The third kappa shape index (κ3) is 1.89. The molecule has 0 saturated carbocycles. The minimum Gasteiger partial charge on any atom is -0.319 e. The summed E-state index contributed by atoms with van der Waals surface area (Å²) in [5, 5.41) is 1.18. The molecule has 0 saturated heterocycles. The Kier molecular flexibility index (Phi) is 2.71. The van der Waals surface area contributed by atoms with E-state index in [9.17, 15) is 4.79 Å². The van der Waals surface area contributed by atoms with Gasteiger partial charge in [0.25, 0.3) is 0 Å². The lowest BCUT2D eigenvalue weighted by Crippen LogP contribution is -1.94. The molecule has 0 atom stereocenters. The fraction of sp³-hybridized carbons (Fsp3) is 0.154. The van der Waals surface area contributed by atoms with Gasteiger partial charge in [-0.15, -0.1) is 0 Å². The lowest BCUT2D eigenvalue weighted by Gasteiger charge is -2.03. The minimum absolute atomic E-state index is 0.190. The van der Waals surface area contributed by atoms with Crippen molar-refractivity contribution in [1.82, 2.24) is 4.57 Å². The van der Waals surface area contributed by atoms with E-state index in [1.165, 1.54) is 11.1 Å². The van der Waals surface area contributed by atoms with Crippen molar-refractivity contribution < 1.29 is 4.79 Å². The van der Waals surface area contributed by atoms with E-state index in [4.69, 9.17) is 0 Å². The molecular formula is C13H9Br2NO. The Morgan fingerprint density at radius 2 is 1.94 bits per heavy atom. The second-order valence-electron chi connectivity index (χ2n) is 4.11. The number of fused-ring (bicyclic) bond motifs is 3. The largest absolute Gasteiger partial charge is 0.319 e. The number of allylic oxidation sites excluding steroid dienone is 1. The highest BCUT2D eigenvalue weighted by Gasteiger charge is 2.14. The molecule has 4 heteroatoms. The van der Waals surface area contributed by atoms with Crippen LogP contribution in [0.15, 0.2) is 33.2 Å². The van der Waals surface area contributed by atoms with E-state index in [1.807, 2.05) is 12.3 Å². The van der Waals surface area contributed by atoms with Gasteiger partial charge in [-0.2, -0.15) is 0 Å². The summed E-state index contributed by atoms with van der Waals surface area (Å²) in [6.07, 6.45) is 4.91. The molecule has 0 spiro atoms. The van der Waals surface area contributed by atoms with Gasteiger partial charge in [0.1, 0.15) is 0 Å². The van der Waals surface area contributed by atoms with Crippen LogP contribution in [0.25, 0.3) is 17.1 Å². The minimum atomic E-state index is 0.190. The summed E-state index contributed by atoms with van der Waals surface area (Å²) in [4.78, 5) is 11.4. The molecule has 3 rings (SSSR count). The standard InChI is InChI=1S/C13H9Br2NO/c14-9-5-8-6-10-1-2-11(17)3-4-16(10)13(8)12(15)7-9/h3-7H,1-2H2. The predicted molar refractivity (Wildman–Crippen MR) is 76.0 cm³/mol. The first-order valence-electron chi connectivity index (χ1n) is 5.35. The summed E-state index contributed by atoms with van der Waals surface area (Å²) in [5.41, 5.74) is 2.30. The smallest absolute Gasteiger partial charge is 0.157 e. The van der Waals surface area contributed by atoms with Gasteiger partial charge in [-0.1, -0.05) is 15.9 Å². The molecule has 0 amide bonds. The number of halogens is 2. The van der Waals surface area contributed by atoms with Crippen LogP contribution in [0.5, 0.6) is 0 Å². The van der Waals surface area contributed by atoms with Crippen LogP contribution >= 0.6 is 31.9 Å². The van der Waals surface area contributed by atoms with Crippen LogP contribution in [0.2, 0.25) is 0 Å². The average Bonchev–Trinajstić information content (AvgIpc) is 2.52. The zero-order valence-corrected chi connectivity index (χ0v) is 12.1. The van der Waals surface area contributed by atoms with E-state index >= 15 is 0 Å². The number of hydrogen-bond acceptors (Lipinski definition) is 1. The van der Waals surface area contributed by atoms with Crippen molar-refractivity contribution in [3.05, 3.63) is 38.9 Å². The van der Waals surface area contributed by atoms with Gasteiger partial charge in [0.2, 0.25) is 0 Å². The molecular weight excluding hydrogens is 346 g/mol. The number of aryl methyl sites for hydroxylation is 1. The summed E-state index contributed by atoms with van der Waals surface area (Å²) in [6, 6.07) is 6.27. The maximum Gasteiger partial charge on any atom is 0.157 e. The fourth-order valence-corrected chi connectivity index (χ4v) is 3.65. The third-order valence-electron chi connectivity index (χ3n) is 2.97. The first-order valence-corrected chi connectivity index (χ1v) is 6.93. The Balaban J connectivity index is 2.34. The van der Waals surface area contributed by atoms with Crippen LogP contribution < -0.4 is 0 Å². The van der Waals surface area contributed by atoms with Gasteiger partial charge >= 0.3 is 0 Å². The van der Waals surface area contributed by atoms with Crippen molar-refractivity contribution in [3.63, 3.8) is 0 Å². The molecule has 1 aromatic carbocycles. The van der Waals surface area contributed by atoms with Gasteiger partial charge in [0.05, 0.1) is 5.52 Å². The highest BCUT2D eigenvalue weighted by atomic mass is 79.9. The van der Waals surface area contributed by atoms with Crippen molar-refractivity contribution in [2.24, 2.45) is 0 Å². The highest BCUT2D eigenvalue weighted by molar-refractivity contribution is 9.11. The monoisotopic (exact) mass is 353 g/mol. The number of carbonyl (C=O) groups is 1. The molecule has 0 bridgehead atoms. The summed E-state index contributed by atoms with van der Waals surface area (Å²) >= 11 is 7.07. The number of ketones is 1. The van der Waals surface area contributed by atoms with E-state index in [0.717, 1.165) is 20.9 Å². The molecule has 1 aliphatic heterocycles. The lowest BCUT2D eigenvalue weighted by atomic mass is 10.2. The molecule has 1 aromatic heterocycles. The van der Waals surface area contributed by atoms with Gasteiger partial charge in [0, 0.05) is 32.6 Å². The first kappa shape index (κ1) is 11.2. The first-order chi connectivity index (χ1) is 8.15. The second-order valence-corrected chi connectivity index (χ2v) is 5.88. The number of nitrogens with zero attached hydrogens (tertiary/aromatic N) is 1. The van der Waals surface area contributed by atoms with Crippen molar-refractivity contribution in [3.8, 4) is 0 Å². The molecule has 2 heterocycles. The van der Waals surface area contributed by atoms with E-state index < -0.39 is 0 Å². The maximum absolute atomic E-state index is 11.4. The number of benzene rings is 1. The summed E-state index contributed by atoms with van der Waals surface area (Å²) in [5.74, 6) is 0.190. The molecule has 0 unspecified atom stereocenters. The Morgan fingerprint density at radius 3 is 2.76 bits per heavy atom. The van der Waals surface area contributed by atoms with Crippen molar-refractivity contribution >= 4 is 54.7 Å². The van der Waals surface area contributed by atoms with Crippen LogP contribution in [0.3, 0.4) is 0 Å². The Morgan fingerprint density at radius 1 is 1.12 bits per heavy atom. The zero-order chi connectivity index (χ0) is 12.0. The van der Waals surface area contributed by atoms with Crippen molar-refractivity contribution in [2.45, 2.75) is 12.8 Å². The zero-order valence-electron chi connectivity index (χ0n) is 8.91. The van der Waals surface area contributed by atoms with Crippen molar-refractivity contribution in [1.29, 1.82) is 0 Å². The van der Waals surface area contributed by atoms with Crippen molar-refractivity contribution in [2.75, 3.05) is 0 Å². The molecule has 86 valence electrons. The topological polar surface area (TPSA) is 22.0 Å². The number of rotatable bonds is 0. The fourth-order valence-electron chi connectivity index (χ4n) is 2.20. The van der Waals surface area contributed by atoms with Crippen LogP contribution in [-0.2, 0) is 11.2 Å². The van der Waals surface area contributed by atoms with Gasteiger partial charge < -0.3 is 4.57 Å². The van der Waals surface area contributed by atoms with Crippen LogP contribution in [0, 0.1) is 0 Å². The molecule has 2 aromatic rings. The maximum atomic E-state index is 11.4. The van der Waals surface area contributed by atoms with Crippen LogP contribution in [0.4, 0.5) is 0 Å². The highest BCUT2D eigenvalue weighted by Crippen LogP contribution is 2.32. The van der Waals surface area contributed by atoms with Gasteiger partial charge in [-0.25, -0.2) is 0 Å². The molecule has 0 radical (unpaired) electrons. The lowest BCUT2D eigenvalue weighted by molar-refractivity contribution is -0.114. The molecule has 0 aliphatic carbocycles. The van der Waals surface area contributed by atoms with E-state index in [-0.39, 0.29) is 5.78 Å². The summed E-state index contributed by atoms with van der Waals surface area (Å²) in [6.45, 7) is 0. The molecule has 1 aliphatic rings. The van der Waals surface area contributed by atoms with E-state index in [1.54, 1.807) is 6.08 Å². The van der Waals surface area contributed by atoms with Crippen LogP contribution in [-0.4, -0.2) is 10.4 Å². The Hall–Kier alpha value is -0.870.